The van der Waals surface area contributed by atoms with Crippen LogP contribution in [0, 0.1) is 0 Å². The van der Waals surface area contributed by atoms with Gasteiger partial charge >= 0.3 is 6.36 Å². The van der Waals surface area contributed by atoms with Crippen molar-refractivity contribution in [2.45, 2.75) is 19.3 Å². The summed E-state index contributed by atoms with van der Waals surface area (Å²) in [6.45, 7) is 1.71. The molecule has 3 aromatic rings. The molecule has 0 aliphatic heterocycles. The number of ether oxygens (including phenoxy) is 1. The molecule has 5 nitrogen and oxygen atoms in total. The maximum Gasteiger partial charge on any atom is 0.573 e. The summed E-state index contributed by atoms with van der Waals surface area (Å²) in [6, 6.07) is 11.8. The highest BCUT2D eigenvalue weighted by molar-refractivity contribution is 5.94. The summed E-state index contributed by atoms with van der Waals surface area (Å²) in [6.07, 6.45) is -3.17. The maximum absolute atomic E-state index is 12.4. The molecule has 2 aromatic carbocycles. The molecule has 0 aliphatic carbocycles. The van der Waals surface area contributed by atoms with E-state index in [2.05, 4.69) is 15.0 Å². The van der Waals surface area contributed by atoms with Crippen LogP contribution in [0.1, 0.15) is 13.0 Å². The molecular formula is C17H14F3N3O2. The molecule has 3 rings (SSSR count). The Morgan fingerprint density at radius 1 is 1.16 bits per heavy atom. The average molecular weight is 349 g/mol. The third-order valence-corrected chi connectivity index (χ3v) is 3.63. The number of aromatic nitrogens is 2. The van der Waals surface area contributed by atoms with Gasteiger partial charge < -0.3 is 14.6 Å². The van der Waals surface area contributed by atoms with Gasteiger partial charge in [-0.25, -0.2) is 4.98 Å². The van der Waals surface area contributed by atoms with E-state index in [1.54, 1.807) is 17.8 Å². The van der Waals surface area contributed by atoms with Crippen molar-refractivity contribution >= 4 is 22.6 Å². The van der Waals surface area contributed by atoms with Crippen molar-refractivity contribution in [1.82, 2.24) is 9.55 Å². The Morgan fingerprint density at radius 2 is 1.84 bits per heavy atom. The Hall–Kier alpha value is -3.03. The van der Waals surface area contributed by atoms with Crippen LogP contribution in [0.4, 0.5) is 18.9 Å². The minimum Gasteiger partial charge on any atom is -0.406 e. The second-order valence-corrected chi connectivity index (χ2v) is 5.38. The van der Waals surface area contributed by atoms with Gasteiger partial charge in [0.1, 0.15) is 11.8 Å². The van der Waals surface area contributed by atoms with Crippen LogP contribution in [0.15, 0.2) is 54.9 Å². The lowest BCUT2D eigenvalue weighted by Gasteiger charge is -2.15. The van der Waals surface area contributed by atoms with Crippen LogP contribution in [0.3, 0.4) is 0 Å². The fourth-order valence-electron chi connectivity index (χ4n) is 2.40. The first-order valence-electron chi connectivity index (χ1n) is 7.42. The molecule has 0 bridgehead atoms. The van der Waals surface area contributed by atoms with Crippen molar-refractivity contribution in [3.8, 4) is 5.75 Å². The van der Waals surface area contributed by atoms with Crippen LogP contribution in [0.2, 0.25) is 0 Å². The van der Waals surface area contributed by atoms with Gasteiger partial charge in [-0.15, -0.1) is 13.2 Å². The summed E-state index contributed by atoms with van der Waals surface area (Å²) >= 11 is 0. The highest BCUT2D eigenvalue weighted by Gasteiger charge is 2.31. The van der Waals surface area contributed by atoms with Crippen molar-refractivity contribution in [3.63, 3.8) is 0 Å². The predicted octanol–water partition coefficient (Wildman–Crippen LogP) is 4.13. The summed E-state index contributed by atoms with van der Waals surface area (Å²) in [5.41, 5.74) is 1.96. The van der Waals surface area contributed by atoms with Gasteiger partial charge in [0.15, 0.2) is 0 Å². The van der Waals surface area contributed by atoms with E-state index < -0.39 is 12.4 Å². The molecule has 1 unspecified atom stereocenters. The molecule has 1 N–H and O–H groups in total. The van der Waals surface area contributed by atoms with Crippen molar-refractivity contribution in [2.24, 2.45) is 0 Å². The minimum atomic E-state index is -4.75. The van der Waals surface area contributed by atoms with Gasteiger partial charge in [0.05, 0.1) is 17.4 Å². The van der Waals surface area contributed by atoms with E-state index in [9.17, 15) is 18.0 Å². The summed E-state index contributed by atoms with van der Waals surface area (Å²) in [4.78, 5) is 16.6. The van der Waals surface area contributed by atoms with E-state index in [4.69, 9.17) is 0 Å². The topological polar surface area (TPSA) is 56.1 Å². The van der Waals surface area contributed by atoms with E-state index >= 15 is 0 Å². The number of carbonyl (C=O) groups excluding carboxylic acids is 1. The zero-order chi connectivity index (χ0) is 18.0. The van der Waals surface area contributed by atoms with Crippen LogP contribution >= 0.6 is 0 Å². The lowest BCUT2D eigenvalue weighted by molar-refractivity contribution is -0.274. The fourth-order valence-corrected chi connectivity index (χ4v) is 2.40. The first-order chi connectivity index (χ1) is 11.8. The predicted molar refractivity (Wildman–Crippen MR) is 86.2 cm³/mol. The molecule has 25 heavy (non-hydrogen) atoms. The van der Waals surface area contributed by atoms with Crippen LogP contribution in [0.5, 0.6) is 5.75 Å². The lowest BCUT2D eigenvalue weighted by atomic mass is 10.2. The normalized spacial score (nSPS) is 12.8. The summed E-state index contributed by atoms with van der Waals surface area (Å²) in [7, 11) is 0. The van der Waals surface area contributed by atoms with Crippen LogP contribution < -0.4 is 10.1 Å². The molecule has 1 atom stereocenters. The van der Waals surface area contributed by atoms with Gasteiger partial charge in [0, 0.05) is 5.69 Å². The maximum atomic E-state index is 12.4. The largest absolute Gasteiger partial charge is 0.573 e. The molecule has 0 fully saturated rings. The number of hydrogen-bond acceptors (Lipinski definition) is 3. The van der Waals surface area contributed by atoms with E-state index in [1.807, 2.05) is 24.3 Å². The number of hydrogen-bond donors (Lipinski definition) is 1. The number of nitrogens with zero attached hydrogens (tertiary/aromatic N) is 2. The second-order valence-electron chi connectivity index (χ2n) is 5.38. The fraction of sp³-hybridized carbons (Fsp3) is 0.176. The first-order valence-corrected chi connectivity index (χ1v) is 7.42. The smallest absolute Gasteiger partial charge is 0.406 e. The number of rotatable bonds is 4. The Labute approximate surface area is 141 Å². The number of para-hydroxylation sites is 2. The molecule has 0 spiro atoms. The average Bonchev–Trinajstić information content (AvgIpc) is 2.98. The Kier molecular flexibility index (Phi) is 4.35. The van der Waals surface area contributed by atoms with Crippen LogP contribution in [-0.2, 0) is 4.79 Å². The van der Waals surface area contributed by atoms with E-state index in [0.29, 0.717) is 5.69 Å². The quantitative estimate of drug-likeness (QED) is 0.770. The summed E-state index contributed by atoms with van der Waals surface area (Å²) < 4.78 is 41.9. The number of halogens is 3. The molecule has 0 saturated carbocycles. The number of nitrogens with one attached hydrogen (secondary N) is 1. The lowest BCUT2D eigenvalue weighted by Crippen LogP contribution is -2.23. The first kappa shape index (κ1) is 16.8. The Balaban J connectivity index is 1.71. The summed E-state index contributed by atoms with van der Waals surface area (Å²) in [5.74, 6) is -0.660. The number of anilines is 1. The third kappa shape index (κ3) is 3.90. The number of carbonyl (C=O) groups is 1. The van der Waals surface area contributed by atoms with E-state index in [0.717, 1.165) is 23.2 Å². The van der Waals surface area contributed by atoms with Crippen molar-refractivity contribution < 1.29 is 22.7 Å². The van der Waals surface area contributed by atoms with Crippen LogP contribution in [0.25, 0.3) is 11.0 Å². The van der Waals surface area contributed by atoms with E-state index in [1.165, 1.54) is 12.1 Å². The van der Waals surface area contributed by atoms with Crippen LogP contribution in [-0.4, -0.2) is 21.8 Å². The highest BCUT2D eigenvalue weighted by atomic mass is 19.4. The molecule has 8 heteroatoms. The van der Waals surface area contributed by atoms with Crippen molar-refractivity contribution in [2.75, 3.05) is 5.32 Å². The van der Waals surface area contributed by atoms with Gasteiger partial charge in [0.2, 0.25) is 5.91 Å². The van der Waals surface area contributed by atoms with Crippen molar-refractivity contribution in [1.29, 1.82) is 0 Å². The number of benzene rings is 2. The van der Waals surface area contributed by atoms with E-state index in [-0.39, 0.29) is 11.7 Å². The monoisotopic (exact) mass is 349 g/mol. The Bertz CT molecular complexity index is 888. The number of imidazole rings is 1. The molecular weight excluding hydrogens is 335 g/mol. The second kappa shape index (κ2) is 6.46. The Morgan fingerprint density at radius 3 is 2.52 bits per heavy atom. The zero-order valence-electron chi connectivity index (χ0n) is 13.1. The minimum absolute atomic E-state index is 0.312. The third-order valence-electron chi connectivity index (χ3n) is 3.63. The number of amides is 1. The highest BCUT2D eigenvalue weighted by Crippen LogP contribution is 2.24. The van der Waals surface area contributed by atoms with Crippen molar-refractivity contribution in [3.05, 3.63) is 54.9 Å². The zero-order valence-corrected chi connectivity index (χ0v) is 13.1. The van der Waals surface area contributed by atoms with Gasteiger partial charge in [-0.1, -0.05) is 12.1 Å². The molecule has 0 aliphatic rings. The van der Waals surface area contributed by atoms with Gasteiger partial charge in [-0.05, 0) is 43.3 Å². The summed E-state index contributed by atoms with van der Waals surface area (Å²) in [5, 5.41) is 2.66. The molecule has 130 valence electrons. The van der Waals surface area contributed by atoms with Gasteiger partial charge in [0.25, 0.3) is 0 Å². The van der Waals surface area contributed by atoms with Gasteiger partial charge in [-0.2, -0.15) is 0 Å². The number of alkyl halides is 3. The molecule has 1 amide bonds. The SMILES string of the molecule is CC(C(=O)Nc1ccc(OC(F)(F)F)cc1)n1cnc2ccccc21. The molecule has 1 heterocycles. The standard InChI is InChI=1S/C17H14F3N3O2/c1-11(23-10-21-14-4-2-3-5-15(14)23)16(24)22-12-6-8-13(9-7-12)25-17(18,19)20/h2-11H,1H3,(H,22,24). The molecule has 1 aromatic heterocycles. The molecule has 0 saturated heterocycles. The molecule has 0 radical (unpaired) electrons. The number of fused-ring (bicyclic) bond motifs is 1. The van der Waals surface area contributed by atoms with Gasteiger partial charge in [-0.3, -0.25) is 4.79 Å².